The van der Waals surface area contributed by atoms with Crippen LogP contribution in [-0.2, 0) is 11.2 Å². The Bertz CT molecular complexity index is 552. The fraction of sp³-hybridized carbons (Fsp3) is 0.438. The number of nitrogens with zero attached hydrogens (tertiary/aromatic N) is 1. The largest absolute Gasteiger partial charge is 0.384 e. The number of rotatable bonds is 6. The summed E-state index contributed by atoms with van der Waals surface area (Å²) >= 11 is 0. The minimum absolute atomic E-state index is 0.729. The van der Waals surface area contributed by atoms with Gasteiger partial charge < -0.3 is 10.1 Å². The van der Waals surface area contributed by atoms with Gasteiger partial charge in [0.25, 0.3) is 0 Å². The first kappa shape index (κ1) is 13.8. The molecule has 0 unspecified atom stereocenters. The number of nitrogens with one attached hydrogen (secondary N) is 1. The van der Waals surface area contributed by atoms with E-state index in [4.69, 9.17) is 9.72 Å². The van der Waals surface area contributed by atoms with Gasteiger partial charge in [-0.05, 0) is 31.4 Å². The van der Waals surface area contributed by atoms with Gasteiger partial charge in [0.2, 0.25) is 0 Å². The lowest BCUT2D eigenvalue weighted by Gasteiger charge is -2.12. The molecule has 3 heteroatoms. The number of anilines is 1. The van der Waals surface area contributed by atoms with Crippen molar-refractivity contribution in [1.29, 1.82) is 0 Å². The quantitative estimate of drug-likeness (QED) is 0.860. The molecule has 1 aromatic carbocycles. The van der Waals surface area contributed by atoms with Gasteiger partial charge in [-0.1, -0.05) is 25.1 Å². The number of para-hydroxylation sites is 1. The van der Waals surface area contributed by atoms with Crippen molar-refractivity contribution >= 4 is 16.6 Å². The number of methoxy groups -OCH3 is 1. The molecular formula is C16H22N2O. The van der Waals surface area contributed by atoms with Crippen LogP contribution >= 0.6 is 0 Å². The van der Waals surface area contributed by atoms with E-state index in [1.165, 1.54) is 16.6 Å². The Morgan fingerprint density at radius 2 is 2.16 bits per heavy atom. The molecular weight excluding hydrogens is 236 g/mol. The Labute approximate surface area is 115 Å². The molecule has 0 aliphatic carbocycles. The zero-order valence-electron chi connectivity index (χ0n) is 12.0. The molecule has 102 valence electrons. The summed E-state index contributed by atoms with van der Waals surface area (Å²) in [4.78, 5) is 4.70. The highest BCUT2D eigenvalue weighted by Crippen LogP contribution is 2.26. The second-order valence-electron chi connectivity index (χ2n) is 4.79. The molecule has 1 aromatic heterocycles. The summed E-state index contributed by atoms with van der Waals surface area (Å²) < 4.78 is 5.18. The van der Waals surface area contributed by atoms with E-state index in [1.54, 1.807) is 7.11 Å². The minimum Gasteiger partial charge on any atom is -0.384 e. The Morgan fingerprint density at radius 1 is 1.32 bits per heavy atom. The minimum atomic E-state index is 0.729. The first-order valence-corrected chi connectivity index (χ1v) is 6.88. The van der Waals surface area contributed by atoms with Crippen molar-refractivity contribution in [2.45, 2.75) is 26.7 Å². The Hall–Kier alpha value is -1.61. The first-order chi connectivity index (χ1) is 9.26. The molecule has 3 nitrogen and oxygen atoms in total. The fourth-order valence-electron chi connectivity index (χ4n) is 2.26. The molecule has 1 heterocycles. The van der Waals surface area contributed by atoms with E-state index >= 15 is 0 Å². The van der Waals surface area contributed by atoms with Crippen molar-refractivity contribution in [2.24, 2.45) is 0 Å². The predicted molar refractivity (Wildman–Crippen MR) is 80.8 cm³/mol. The summed E-state index contributed by atoms with van der Waals surface area (Å²) in [6.07, 6.45) is 2.02. The van der Waals surface area contributed by atoms with E-state index in [1.807, 2.05) is 6.92 Å². The summed E-state index contributed by atoms with van der Waals surface area (Å²) in [5.74, 6) is 0. The molecule has 2 aromatic rings. The third-order valence-corrected chi connectivity index (χ3v) is 3.19. The third-order valence-electron chi connectivity index (χ3n) is 3.19. The molecule has 0 fully saturated rings. The second kappa shape index (κ2) is 6.53. The smallest absolute Gasteiger partial charge is 0.0758 e. The zero-order valence-corrected chi connectivity index (χ0v) is 12.0. The first-order valence-electron chi connectivity index (χ1n) is 6.88. The molecule has 1 N–H and O–H groups in total. The maximum Gasteiger partial charge on any atom is 0.0758 e. The number of fused-ring (bicyclic) bond motifs is 1. The van der Waals surface area contributed by atoms with Crippen LogP contribution in [0.2, 0.25) is 0 Å². The highest BCUT2D eigenvalue weighted by molar-refractivity contribution is 5.93. The summed E-state index contributed by atoms with van der Waals surface area (Å²) in [6, 6.07) is 8.49. The molecule has 0 atom stereocenters. The average Bonchev–Trinajstić information content (AvgIpc) is 2.42. The number of aryl methyl sites for hydroxylation is 1. The standard InChI is InChI=1S/C16H22N2O/c1-4-9-17-15-11-12(2)18-16-13(8-10-19-3)6-5-7-14(15)16/h5-7,11H,4,8-10H2,1-3H3,(H,17,18). The van der Waals surface area contributed by atoms with Crippen molar-refractivity contribution < 1.29 is 4.74 Å². The molecule has 0 aliphatic rings. The van der Waals surface area contributed by atoms with Gasteiger partial charge in [0.05, 0.1) is 12.1 Å². The highest BCUT2D eigenvalue weighted by atomic mass is 16.5. The molecule has 0 spiro atoms. The van der Waals surface area contributed by atoms with Crippen LogP contribution in [-0.4, -0.2) is 25.2 Å². The van der Waals surface area contributed by atoms with Crippen LogP contribution in [0, 0.1) is 6.92 Å². The number of hydrogen-bond acceptors (Lipinski definition) is 3. The number of benzene rings is 1. The van der Waals surface area contributed by atoms with Gasteiger partial charge in [-0.25, -0.2) is 0 Å². The second-order valence-corrected chi connectivity index (χ2v) is 4.79. The van der Waals surface area contributed by atoms with E-state index in [-0.39, 0.29) is 0 Å². The van der Waals surface area contributed by atoms with Crippen LogP contribution < -0.4 is 5.32 Å². The zero-order chi connectivity index (χ0) is 13.7. The lowest BCUT2D eigenvalue weighted by Crippen LogP contribution is -2.03. The number of hydrogen-bond donors (Lipinski definition) is 1. The van der Waals surface area contributed by atoms with Crippen LogP contribution in [0.4, 0.5) is 5.69 Å². The van der Waals surface area contributed by atoms with Gasteiger partial charge in [0.15, 0.2) is 0 Å². The van der Waals surface area contributed by atoms with Crippen molar-refractivity contribution in [3.8, 4) is 0 Å². The maximum atomic E-state index is 5.18. The van der Waals surface area contributed by atoms with Crippen LogP contribution in [0.15, 0.2) is 24.3 Å². The predicted octanol–water partition coefficient (Wildman–Crippen LogP) is 3.55. The normalized spacial score (nSPS) is 10.9. The third kappa shape index (κ3) is 3.24. The van der Waals surface area contributed by atoms with Gasteiger partial charge in [-0.15, -0.1) is 0 Å². The van der Waals surface area contributed by atoms with Crippen LogP contribution in [0.25, 0.3) is 10.9 Å². The number of aromatic nitrogens is 1. The van der Waals surface area contributed by atoms with Crippen molar-refractivity contribution in [3.63, 3.8) is 0 Å². The maximum absolute atomic E-state index is 5.18. The SMILES string of the molecule is CCCNc1cc(C)nc2c(CCOC)cccc12. The van der Waals surface area contributed by atoms with Crippen LogP contribution in [0.1, 0.15) is 24.6 Å². The Morgan fingerprint density at radius 3 is 2.89 bits per heavy atom. The summed E-state index contributed by atoms with van der Waals surface area (Å²) in [7, 11) is 1.73. The van der Waals surface area contributed by atoms with E-state index in [0.29, 0.717) is 0 Å². The van der Waals surface area contributed by atoms with Gasteiger partial charge in [0.1, 0.15) is 0 Å². The van der Waals surface area contributed by atoms with E-state index in [2.05, 4.69) is 36.5 Å². The van der Waals surface area contributed by atoms with Crippen molar-refractivity contribution in [3.05, 3.63) is 35.5 Å². The molecule has 0 aliphatic heterocycles. The van der Waals surface area contributed by atoms with E-state index in [0.717, 1.165) is 37.2 Å². The molecule has 0 amide bonds. The Kier molecular flexibility index (Phi) is 4.74. The van der Waals surface area contributed by atoms with Gasteiger partial charge in [-0.3, -0.25) is 4.98 Å². The lowest BCUT2D eigenvalue weighted by atomic mass is 10.1. The van der Waals surface area contributed by atoms with Crippen molar-refractivity contribution in [1.82, 2.24) is 4.98 Å². The average molecular weight is 258 g/mol. The molecule has 0 saturated heterocycles. The van der Waals surface area contributed by atoms with E-state index in [9.17, 15) is 0 Å². The number of ether oxygens (including phenoxy) is 1. The summed E-state index contributed by atoms with van der Waals surface area (Å²) in [5, 5.41) is 4.69. The molecule has 0 saturated carbocycles. The van der Waals surface area contributed by atoms with Gasteiger partial charge >= 0.3 is 0 Å². The molecule has 0 radical (unpaired) electrons. The van der Waals surface area contributed by atoms with Crippen molar-refractivity contribution in [2.75, 3.05) is 25.6 Å². The van der Waals surface area contributed by atoms with Crippen LogP contribution in [0.5, 0.6) is 0 Å². The van der Waals surface area contributed by atoms with Gasteiger partial charge in [-0.2, -0.15) is 0 Å². The highest BCUT2D eigenvalue weighted by Gasteiger charge is 2.07. The number of pyridine rings is 1. The summed E-state index contributed by atoms with van der Waals surface area (Å²) in [5.41, 5.74) is 4.58. The van der Waals surface area contributed by atoms with Gasteiger partial charge in [0, 0.05) is 30.4 Å². The topological polar surface area (TPSA) is 34.2 Å². The monoisotopic (exact) mass is 258 g/mol. The van der Waals surface area contributed by atoms with Crippen LogP contribution in [0.3, 0.4) is 0 Å². The molecule has 0 bridgehead atoms. The summed E-state index contributed by atoms with van der Waals surface area (Å²) in [6.45, 7) is 5.93. The molecule has 2 rings (SSSR count). The fourth-order valence-corrected chi connectivity index (χ4v) is 2.26. The molecule has 19 heavy (non-hydrogen) atoms. The van der Waals surface area contributed by atoms with E-state index < -0.39 is 0 Å². The lowest BCUT2D eigenvalue weighted by molar-refractivity contribution is 0.202. The Balaban J connectivity index is 2.46.